The Balaban J connectivity index is 2.25. The summed E-state index contributed by atoms with van der Waals surface area (Å²) < 4.78 is 0. The average Bonchev–Trinajstić information content (AvgIpc) is 2.12. The van der Waals surface area contributed by atoms with Gasteiger partial charge in [0.25, 0.3) is 0 Å². The minimum atomic E-state index is -0.167. The Kier molecular flexibility index (Phi) is 5.05. The van der Waals surface area contributed by atoms with Crippen LogP contribution in [0.4, 0.5) is 0 Å². The van der Waals surface area contributed by atoms with Crippen LogP contribution in [0.1, 0.15) is 24.5 Å². The fourth-order valence-electron chi connectivity index (χ4n) is 1.25. The number of aryl methyl sites for hydroxylation is 1. The van der Waals surface area contributed by atoms with E-state index < -0.39 is 0 Å². The molecule has 0 aromatic heterocycles. The number of hydrogen-bond donors (Lipinski definition) is 1. The lowest BCUT2D eigenvalue weighted by Gasteiger charge is -2.04. The molecule has 0 aliphatic rings. The highest BCUT2D eigenvalue weighted by molar-refractivity contribution is 7.98. The lowest BCUT2D eigenvalue weighted by molar-refractivity contribution is 0.192. The monoisotopic (exact) mass is 210 g/mol. The molecule has 0 heterocycles. The van der Waals surface area contributed by atoms with E-state index in [0.717, 1.165) is 17.9 Å². The van der Waals surface area contributed by atoms with E-state index in [2.05, 4.69) is 31.2 Å². The molecule has 1 unspecified atom stereocenters. The van der Waals surface area contributed by atoms with E-state index in [4.69, 9.17) is 5.11 Å². The molecule has 1 nitrogen and oxygen atoms in total. The van der Waals surface area contributed by atoms with Crippen LogP contribution in [-0.4, -0.2) is 17.0 Å². The first-order chi connectivity index (χ1) is 6.68. The van der Waals surface area contributed by atoms with Crippen molar-refractivity contribution in [1.82, 2.24) is 0 Å². The first-order valence-corrected chi connectivity index (χ1v) is 6.15. The summed E-state index contributed by atoms with van der Waals surface area (Å²) in [5, 5.41) is 9.08. The predicted octanol–water partition coefficient (Wildman–Crippen LogP) is 3.00. The summed E-state index contributed by atoms with van der Waals surface area (Å²) >= 11 is 1.88. The standard InChI is InChI=1S/C12H18OS/c1-10-4-3-5-12(8-10)9-14-7-6-11(2)13/h3-5,8,11,13H,6-7,9H2,1-2H3. The number of rotatable bonds is 5. The Bertz CT molecular complexity index is 271. The van der Waals surface area contributed by atoms with Gasteiger partial charge in [-0.3, -0.25) is 0 Å². The maximum Gasteiger partial charge on any atom is 0.0520 e. The van der Waals surface area contributed by atoms with Crippen LogP contribution in [0.5, 0.6) is 0 Å². The van der Waals surface area contributed by atoms with Crippen LogP contribution in [0.2, 0.25) is 0 Å². The quantitative estimate of drug-likeness (QED) is 0.754. The van der Waals surface area contributed by atoms with Gasteiger partial charge in [-0.1, -0.05) is 29.8 Å². The molecular weight excluding hydrogens is 192 g/mol. The molecule has 0 bridgehead atoms. The molecule has 0 amide bonds. The van der Waals surface area contributed by atoms with Gasteiger partial charge in [0, 0.05) is 5.75 Å². The van der Waals surface area contributed by atoms with Crippen molar-refractivity contribution in [3.8, 4) is 0 Å². The van der Waals surface area contributed by atoms with E-state index in [1.165, 1.54) is 11.1 Å². The second-order valence-electron chi connectivity index (χ2n) is 3.68. The Hall–Kier alpha value is -0.470. The molecule has 0 saturated heterocycles. The Labute approximate surface area is 90.5 Å². The maximum absolute atomic E-state index is 9.08. The fraction of sp³-hybridized carbons (Fsp3) is 0.500. The van der Waals surface area contributed by atoms with Gasteiger partial charge in [-0.25, -0.2) is 0 Å². The van der Waals surface area contributed by atoms with E-state index in [1.807, 2.05) is 18.7 Å². The molecule has 78 valence electrons. The molecule has 0 fully saturated rings. The Morgan fingerprint density at radius 3 is 2.86 bits per heavy atom. The van der Waals surface area contributed by atoms with Gasteiger partial charge in [-0.15, -0.1) is 0 Å². The zero-order valence-electron chi connectivity index (χ0n) is 8.86. The molecule has 1 aromatic rings. The lowest BCUT2D eigenvalue weighted by Crippen LogP contribution is -2.00. The Morgan fingerprint density at radius 2 is 2.21 bits per heavy atom. The third-order valence-corrected chi connectivity index (χ3v) is 3.09. The SMILES string of the molecule is Cc1cccc(CSCCC(C)O)c1. The summed E-state index contributed by atoms with van der Waals surface area (Å²) in [6.45, 7) is 3.96. The van der Waals surface area contributed by atoms with E-state index >= 15 is 0 Å². The normalized spacial score (nSPS) is 12.8. The third-order valence-electron chi connectivity index (χ3n) is 2.03. The van der Waals surface area contributed by atoms with E-state index in [-0.39, 0.29) is 6.10 Å². The van der Waals surface area contributed by atoms with Crippen LogP contribution >= 0.6 is 11.8 Å². The molecule has 14 heavy (non-hydrogen) atoms. The first-order valence-electron chi connectivity index (χ1n) is 5.00. The van der Waals surface area contributed by atoms with Crippen molar-refractivity contribution in [3.63, 3.8) is 0 Å². The molecule has 1 aromatic carbocycles. The molecule has 2 heteroatoms. The summed E-state index contributed by atoms with van der Waals surface area (Å²) in [6.07, 6.45) is 0.719. The molecule has 0 saturated carbocycles. The van der Waals surface area contributed by atoms with Gasteiger partial charge in [-0.05, 0) is 31.6 Å². The number of thioether (sulfide) groups is 1. The second kappa shape index (κ2) is 6.10. The van der Waals surface area contributed by atoms with Gasteiger partial charge in [0.1, 0.15) is 0 Å². The van der Waals surface area contributed by atoms with Gasteiger partial charge in [-0.2, -0.15) is 11.8 Å². The molecule has 0 spiro atoms. The van der Waals surface area contributed by atoms with Gasteiger partial charge in [0.15, 0.2) is 0 Å². The molecule has 1 atom stereocenters. The van der Waals surface area contributed by atoms with Gasteiger partial charge in [0.2, 0.25) is 0 Å². The van der Waals surface area contributed by atoms with E-state index in [0.29, 0.717) is 0 Å². The van der Waals surface area contributed by atoms with Crippen LogP contribution in [-0.2, 0) is 5.75 Å². The number of aliphatic hydroxyl groups is 1. The maximum atomic E-state index is 9.08. The minimum Gasteiger partial charge on any atom is -0.393 e. The molecule has 1 N–H and O–H groups in total. The minimum absolute atomic E-state index is 0.167. The van der Waals surface area contributed by atoms with E-state index in [9.17, 15) is 0 Å². The number of benzene rings is 1. The van der Waals surface area contributed by atoms with Crippen LogP contribution in [0.3, 0.4) is 0 Å². The molecular formula is C12H18OS. The van der Waals surface area contributed by atoms with Crippen LogP contribution in [0.15, 0.2) is 24.3 Å². The van der Waals surface area contributed by atoms with Crippen LogP contribution in [0, 0.1) is 6.92 Å². The van der Waals surface area contributed by atoms with Crippen molar-refractivity contribution in [2.75, 3.05) is 5.75 Å². The van der Waals surface area contributed by atoms with Crippen molar-refractivity contribution in [2.45, 2.75) is 32.1 Å². The summed E-state index contributed by atoms with van der Waals surface area (Å²) in [5.74, 6) is 2.08. The second-order valence-corrected chi connectivity index (χ2v) is 4.78. The van der Waals surface area contributed by atoms with Gasteiger partial charge < -0.3 is 5.11 Å². The third kappa shape index (κ3) is 4.68. The summed E-state index contributed by atoms with van der Waals surface area (Å²) in [4.78, 5) is 0. The molecule has 0 aliphatic carbocycles. The van der Waals surface area contributed by atoms with Gasteiger partial charge >= 0.3 is 0 Å². The molecule has 0 radical (unpaired) electrons. The van der Waals surface area contributed by atoms with Crippen molar-refractivity contribution in [2.24, 2.45) is 0 Å². The topological polar surface area (TPSA) is 20.2 Å². The van der Waals surface area contributed by atoms with Crippen molar-refractivity contribution in [1.29, 1.82) is 0 Å². The largest absolute Gasteiger partial charge is 0.393 e. The highest BCUT2D eigenvalue weighted by Gasteiger charge is 1.97. The predicted molar refractivity (Wildman–Crippen MR) is 63.6 cm³/mol. The summed E-state index contributed by atoms with van der Waals surface area (Å²) in [5.41, 5.74) is 2.69. The molecule has 1 rings (SSSR count). The van der Waals surface area contributed by atoms with Crippen LogP contribution in [0.25, 0.3) is 0 Å². The lowest BCUT2D eigenvalue weighted by atomic mass is 10.2. The fourth-order valence-corrected chi connectivity index (χ4v) is 2.31. The number of aliphatic hydroxyl groups excluding tert-OH is 1. The smallest absolute Gasteiger partial charge is 0.0520 e. The Morgan fingerprint density at radius 1 is 1.43 bits per heavy atom. The van der Waals surface area contributed by atoms with Crippen LogP contribution < -0.4 is 0 Å². The van der Waals surface area contributed by atoms with Crippen molar-refractivity contribution in [3.05, 3.63) is 35.4 Å². The molecule has 0 aliphatic heterocycles. The van der Waals surface area contributed by atoms with Crippen molar-refractivity contribution >= 4 is 11.8 Å². The highest BCUT2D eigenvalue weighted by atomic mass is 32.2. The number of hydrogen-bond acceptors (Lipinski definition) is 2. The summed E-state index contributed by atoms with van der Waals surface area (Å²) in [6, 6.07) is 8.58. The zero-order valence-corrected chi connectivity index (χ0v) is 9.68. The van der Waals surface area contributed by atoms with E-state index in [1.54, 1.807) is 0 Å². The zero-order chi connectivity index (χ0) is 10.4. The highest BCUT2D eigenvalue weighted by Crippen LogP contribution is 2.14. The van der Waals surface area contributed by atoms with Crippen molar-refractivity contribution < 1.29 is 5.11 Å². The average molecular weight is 210 g/mol. The van der Waals surface area contributed by atoms with Gasteiger partial charge in [0.05, 0.1) is 6.10 Å². The summed E-state index contributed by atoms with van der Waals surface area (Å²) in [7, 11) is 0. The first kappa shape index (κ1) is 11.6.